The lowest BCUT2D eigenvalue weighted by molar-refractivity contribution is 0.0696. The summed E-state index contributed by atoms with van der Waals surface area (Å²) in [5.41, 5.74) is 9.46. The molecule has 2 heterocycles. The summed E-state index contributed by atoms with van der Waals surface area (Å²) in [6.45, 7) is 11.0. The van der Waals surface area contributed by atoms with Crippen LogP contribution in [0, 0.1) is 19.3 Å². The van der Waals surface area contributed by atoms with E-state index in [9.17, 15) is 18.3 Å². The Morgan fingerprint density at radius 3 is 2.32 bits per heavy atom. The summed E-state index contributed by atoms with van der Waals surface area (Å²) in [5.74, 6) is -1.08. The van der Waals surface area contributed by atoms with Crippen LogP contribution < -0.4 is 20.5 Å². The van der Waals surface area contributed by atoms with Crippen LogP contribution in [0.15, 0.2) is 65.8 Å². The van der Waals surface area contributed by atoms with Gasteiger partial charge in [-0.3, -0.25) is 0 Å². The molecule has 232 valence electrons. The van der Waals surface area contributed by atoms with Gasteiger partial charge in [0.15, 0.2) is 0 Å². The van der Waals surface area contributed by atoms with Gasteiger partial charge in [0.25, 0.3) is 10.0 Å². The normalized spacial score (nSPS) is 12.5. The first-order chi connectivity index (χ1) is 20.7. The maximum absolute atomic E-state index is 13.3. The number of aromatic carboxylic acids is 1. The third-order valence-electron chi connectivity index (χ3n) is 6.67. The number of carboxylic acids is 1. The summed E-state index contributed by atoms with van der Waals surface area (Å²) in [5, 5.41) is 12.8. The molecular formula is C31H37N7O5S. The molecule has 44 heavy (non-hydrogen) atoms. The molecule has 2 aromatic carbocycles. The number of rotatable bonds is 12. The quantitative estimate of drug-likeness (QED) is 0.174. The van der Waals surface area contributed by atoms with Crippen molar-refractivity contribution in [1.29, 1.82) is 0 Å². The Morgan fingerprint density at radius 2 is 1.68 bits per heavy atom. The maximum atomic E-state index is 13.3. The Hall–Kier alpha value is -4.62. The van der Waals surface area contributed by atoms with Crippen molar-refractivity contribution >= 4 is 27.9 Å². The molecule has 0 amide bonds. The number of benzene rings is 2. The van der Waals surface area contributed by atoms with Gasteiger partial charge in [0.1, 0.15) is 6.61 Å². The summed E-state index contributed by atoms with van der Waals surface area (Å²) in [6, 6.07) is 12.4. The second-order valence-electron chi connectivity index (χ2n) is 11.7. The van der Waals surface area contributed by atoms with Crippen molar-refractivity contribution in [1.82, 2.24) is 25.3 Å². The van der Waals surface area contributed by atoms with E-state index in [0.717, 1.165) is 34.7 Å². The number of anilines is 2. The van der Waals surface area contributed by atoms with Crippen LogP contribution in [0.3, 0.4) is 0 Å². The van der Waals surface area contributed by atoms with E-state index in [4.69, 9.17) is 10.5 Å². The molecule has 0 fully saturated rings. The Bertz CT molecular complexity index is 1720. The van der Waals surface area contributed by atoms with Gasteiger partial charge in [-0.15, -0.1) is 0 Å². The highest BCUT2D eigenvalue weighted by molar-refractivity contribution is 7.92. The number of ether oxygens (including phenoxy) is 1. The van der Waals surface area contributed by atoms with Crippen molar-refractivity contribution in [3.8, 4) is 17.1 Å². The van der Waals surface area contributed by atoms with Crippen molar-refractivity contribution in [2.75, 3.05) is 17.1 Å². The largest absolute Gasteiger partial charge is 0.478 e. The summed E-state index contributed by atoms with van der Waals surface area (Å²) in [6.07, 6.45) is 4.09. The second-order valence-corrected chi connectivity index (χ2v) is 13.4. The van der Waals surface area contributed by atoms with Gasteiger partial charge in [-0.25, -0.2) is 32.9 Å². The van der Waals surface area contributed by atoms with Crippen LogP contribution >= 0.6 is 0 Å². The Morgan fingerprint density at radius 1 is 1.02 bits per heavy atom. The van der Waals surface area contributed by atoms with Crippen molar-refractivity contribution in [3.05, 3.63) is 83.2 Å². The number of hydrogen-bond donors (Lipinski definition) is 4. The van der Waals surface area contributed by atoms with E-state index in [2.05, 4.69) is 50.7 Å². The number of carboxylic acid groups (broad SMARTS) is 1. The minimum Gasteiger partial charge on any atom is -0.478 e. The molecule has 4 aromatic rings. The molecule has 0 radical (unpaired) electrons. The predicted molar refractivity (Wildman–Crippen MR) is 168 cm³/mol. The standard InChI is InChI=1S/C31H37N7O5S/c1-19-8-6-9-20(2)27(19)25-13-26(37-30(36-25)38-44(41,42)24-11-7-10-22(12-24)28(39)40)43-18-23(14-31(3,4)5)33-15-21-16-34-29(32)35-17-21/h6-13,16-17,23,33H,14-15,18H2,1-5H3,(H,39,40)(H2,32,34,35)(H,36,37,38)/t23-/m1/s1. The number of nitrogen functional groups attached to an aromatic ring is 1. The average molecular weight is 620 g/mol. The molecule has 0 unspecified atom stereocenters. The Labute approximate surface area is 257 Å². The molecule has 12 nitrogen and oxygen atoms in total. The van der Waals surface area contributed by atoms with Gasteiger partial charge in [-0.2, -0.15) is 4.98 Å². The van der Waals surface area contributed by atoms with Gasteiger partial charge in [0.05, 0.1) is 16.2 Å². The van der Waals surface area contributed by atoms with E-state index >= 15 is 0 Å². The van der Waals surface area contributed by atoms with Crippen LogP contribution in [0.1, 0.15) is 54.2 Å². The Kier molecular flexibility index (Phi) is 9.80. The molecule has 2 aromatic heterocycles. The highest BCUT2D eigenvalue weighted by Gasteiger charge is 2.22. The first kappa shape index (κ1) is 32.3. The van der Waals surface area contributed by atoms with E-state index in [-0.39, 0.29) is 46.3 Å². The van der Waals surface area contributed by atoms with Gasteiger partial charge in [0.2, 0.25) is 17.8 Å². The van der Waals surface area contributed by atoms with Crippen molar-refractivity contribution < 1.29 is 23.1 Å². The topological polar surface area (TPSA) is 182 Å². The molecule has 1 atom stereocenters. The third kappa shape index (κ3) is 8.71. The maximum Gasteiger partial charge on any atom is 0.335 e. The first-order valence-electron chi connectivity index (χ1n) is 13.9. The zero-order valence-corrected chi connectivity index (χ0v) is 26.1. The molecule has 0 aliphatic carbocycles. The monoisotopic (exact) mass is 619 g/mol. The van der Waals surface area contributed by atoms with Crippen LogP contribution in [0.5, 0.6) is 5.88 Å². The number of nitrogens with one attached hydrogen (secondary N) is 2. The van der Waals surface area contributed by atoms with Crippen molar-refractivity contribution in [2.24, 2.45) is 5.41 Å². The van der Waals surface area contributed by atoms with E-state index in [0.29, 0.717) is 12.2 Å². The number of hydrogen-bond acceptors (Lipinski definition) is 10. The Balaban J connectivity index is 1.65. The SMILES string of the molecule is Cc1cccc(C)c1-c1cc(OC[C@@H](CC(C)(C)C)NCc2cnc(N)nc2)nc(NS(=O)(=O)c2cccc(C(=O)O)c2)n1. The molecule has 0 aliphatic rings. The lowest BCUT2D eigenvalue weighted by Gasteiger charge is -2.27. The minimum absolute atomic E-state index is 0.0287. The fourth-order valence-corrected chi connectivity index (χ4v) is 5.69. The first-order valence-corrected chi connectivity index (χ1v) is 15.4. The molecule has 0 bridgehead atoms. The summed E-state index contributed by atoms with van der Waals surface area (Å²) in [4.78, 5) is 28.2. The van der Waals surface area contributed by atoms with E-state index < -0.39 is 16.0 Å². The average Bonchev–Trinajstić information content (AvgIpc) is 2.94. The summed E-state index contributed by atoms with van der Waals surface area (Å²) in [7, 11) is -4.23. The van der Waals surface area contributed by atoms with Gasteiger partial charge < -0.3 is 20.9 Å². The number of carbonyl (C=O) groups is 1. The number of nitrogens with zero attached hydrogens (tertiary/aromatic N) is 4. The van der Waals surface area contributed by atoms with Crippen molar-refractivity contribution in [2.45, 2.75) is 58.5 Å². The molecule has 0 saturated carbocycles. The van der Waals surface area contributed by atoms with E-state index in [1.54, 1.807) is 18.5 Å². The summed E-state index contributed by atoms with van der Waals surface area (Å²) < 4.78 is 35.2. The second kappa shape index (κ2) is 13.3. The van der Waals surface area contributed by atoms with Crippen LogP contribution in [-0.2, 0) is 16.6 Å². The molecule has 0 aliphatic heterocycles. The molecule has 5 N–H and O–H groups in total. The zero-order chi connectivity index (χ0) is 32.1. The van der Waals surface area contributed by atoms with Crippen molar-refractivity contribution in [3.63, 3.8) is 0 Å². The molecule has 0 spiro atoms. The fourth-order valence-electron chi connectivity index (χ4n) is 4.70. The number of aryl methyl sites for hydroxylation is 2. The predicted octanol–water partition coefficient (Wildman–Crippen LogP) is 4.61. The molecule has 13 heteroatoms. The van der Waals surface area contributed by atoms with E-state index in [1.807, 2.05) is 32.0 Å². The van der Waals surface area contributed by atoms with Gasteiger partial charge in [-0.1, -0.05) is 45.0 Å². The number of nitrogens with two attached hydrogens (primary N) is 1. The van der Waals surface area contributed by atoms with E-state index in [1.165, 1.54) is 18.2 Å². The van der Waals surface area contributed by atoms with Crippen LogP contribution in [-0.4, -0.2) is 52.1 Å². The highest BCUT2D eigenvalue weighted by Crippen LogP contribution is 2.30. The zero-order valence-electron chi connectivity index (χ0n) is 25.3. The third-order valence-corrected chi connectivity index (χ3v) is 7.99. The fraction of sp³-hybridized carbons (Fsp3) is 0.323. The van der Waals surface area contributed by atoms with Gasteiger partial charge in [0, 0.05) is 42.2 Å². The van der Waals surface area contributed by atoms with Gasteiger partial charge in [-0.05, 0) is 55.0 Å². The summed E-state index contributed by atoms with van der Waals surface area (Å²) >= 11 is 0. The smallest absolute Gasteiger partial charge is 0.335 e. The lowest BCUT2D eigenvalue weighted by atomic mass is 9.88. The number of sulfonamides is 1. The number of aromatic nitrogens is 4. The molecule has 0 saturated heterocycles. The highest BCUT2D eigenvalue weighted by atomic mass is 32.2. The van der Waals surface area contributed by atoms with Crippen LogP contribution in [0.4, 0.5) is 11.9 Å². The van der Waals surface area contributed by atoms with Crippen LogP contribution in [0.25, 0.3) is 11.3 Å². The molecule has 4 rings (SSSR count). The minimum atomic E-state index is -4.23. The lowest BCUT2D eigenvalue weighted by Crippen LogP contribution is -2.37. The van der Waals surface area contributed by atoms with Crippen LogP contribution in [0.2, 0.25) is 0 Å². The molecular weight excluding hydrogens is 582 g/mol. The van der Waals surface area contributed by atoms with Gasteiger partial charge >= 0.3 is 5.97 Å².